The third-order valence-corrected chi connectivity index (χ3v) is 5.27. The van der Waals surface area contributed by atoms with Gasteiger partial charge in [0.15, 0.2) is 0 Å². The second kappa shape index (κ2) is 9.70. The summed E-state index contributed by atoms with van der Waals surface area (Å²) in [6, 6.07) is 19.7. The largest absolute Gasteiger partial charge is 0.390 e. The number of aromatic amines is 1. The van der Waals surface area contributed by atoms with Gasteiger partial charge in [0.1, 0.15) is 12.0 Å². The van der Waals surface area contributed by atoms with Gasteiger partial charge in [-0.3, -0.25) is 4.79 Å². The fourth-order valence-corrected chi connectivity index (χ4v) is 3.57. The Morgan fingerprint density at radius 2 is 1.81 bits per heavy atom. The maximum Gasteiger partial charge on any atom is 0.254 e. The molecule has 0 bridgehead atoms. The molecule has 0 fully saturated rings. The lowest BCUT2D eigenvalue weighted by molar-refractivity contribution is -0.117. The van der Waals surface area contributed by atoms with Crippen molar-refractivity contribution in [2.45, 2.75) is 13.0 Å². The van der Waals surface area contributed by atoms with E-state index in [1.54, 1.807) is 13.4 Å². The number of amides is 1. The second-order valence-corrected chi connectivity index (χ2v) is 7.29. The highest BCUT2D eigenvalue weighted by molar-refractivity contribution is 6.12. The monoisotopic (exact) mass is 424 g/mol. The van der Waals surface area contributed by atoms with Gasteiger partial charge in [0.25, 0.3) is 5.91 Å². The highest BCUT2D eigenvalue weighted by Gasteiger charge is 2.13. The lowest BCUT2D eigenvalue weighted by Crippen LogP contribution is -2.28. The van der Waals surface area contributed by atoms with Crippen LogP contribution >= 0.6 is 0 Å². The number of carbonyl (C=O) groups is 1. The highest BCUT2D eigenvalue weighted by Crippen LogP contribution is 2.24. The number of carbonyl (C=O) groups excluding carboxylic acids is 1. The van der Waals surface area contributed by atoms with Crippen LogP contribution < -0.4 is 10.6 Å². The molecule has 2 aromatic heterocycles. The van der Waals surface area contributed by atoms with Crippen LogP contribution in [0.5, 0.6) is 0 Å². The van der Waals surface area contributed by atoms with Crippen molar-refractivity contribution in [3.63, 3.8) is 0 Å². The number of benzene rings is 2. The summed E-state index contributed by atoms with van der Waals surface area (Å²) in [4.78, 5) is 24.5. The molecule has 7 nitrogen and oxygen atoms in total. The zero-order chi connectivity index (χ0) is 22.3. The standard InChI is InChI=1S/C25H24N6O/c1-27-22(13-17-5-3-2-4-6-17)21(14-26)25(32)29-15-18-7-9-19(10-8-18)23-20-11-12-28-24(20)31-16-30-23/h2-12,14,16,26-27H,13,15H2,1H3,(H,29,32)(H,28,30,31)/b22-21+,26-14?. The van der Waals surface area contributed by atoms with Gasteiger partial charge in [0.05, 0.1) is 11.3 Å². The number of nitrogens with zero attached hydrogens (tertiary/aromatic N) is 2. The number of hydrogen-bond acceptors (Lipinski definition) is 5. The van der Waals surface area contributed by atoms with Crippen molar-refractivity contribution >= 4 is 23.2 Å². The van der Waals surface area contributed by atoms with Gasteiger partial charge in [0.2, 0.25) is 0 Å². The smallest absolute Gasteiger partial charge is 0.254 e. The molecule has 7 heteroatoms. The molecule has 32 heavy (non-hydrogen) atoms. The van der Waals surface area contributed by atoms with E-state index < -0.39 is 0 Å². The predicted octanol–water partition coefficient (Wildman–Crippen LogP) is 3.61. The van der Waals surface area contributed by atoms with Crippen LogP contribution in [0.2, 0.25) is 0 Å². The molecule has 0 unspecified atom stereocenters. The van der Waals surface area contributed by atoms with Crippen molar-refractivity contribution in [1.82, 2.24) is 25.6 Å². The quantitative estimate of drug-likeness (QED) is 0.256. The first-order valence-corrected chi connectivity index (χ1v) is 10.3. The van der Waals surface area contributed by atoms with Crippen LogP contribution in [0, 0.1) is 5.41 Å². The molecule has 2 heterocycles. The number of aromatic nitrogens is 3. The molecule has 0 aliphatic carbocycles. The normalized spacial score (nSPS) is 11.7. The molecule has 4 aromatic rings. The van der Waals surface area contributed by atoms with Crippen LogP contribution in [0.25, 0.3) is 22.3 Å². The molecule has 2 aromatic carbocycles. The summed E-state index contributed by atoms with van der Waals surface area (Å²) >= 11 is 0. The van der Waals surface area contributed by atoms with E-state index in [2.05, 4.69) is 25.6 Å². The van der Waals surface area contributed by atoms with E-state index in [0.717, 1.165) is 39.6 Å². The minimum absolute atomic E-state index is 0.283. The van der Waals surface area contributed by atoms with E-state index in [1.165, 1.54) is 0 Å². The Hall–Kier alpha value is -4.26. The molecular weight excluding hydrogens is 400 g/mol. The predicted molar refractivity (Wildman–Crippen MR) is 126 cm³/mol. The fourth-order valence-electron chi connectivity index (χ4n) is 3.57. The number of likely N-dealkylation sites (N-methyl/N-ethyl adjacent to an activating group) is 1. The Morgan fingerprint density at radius 3 is 2.53 bits per heavy atom. The maximum absolute atomic E-state index is 12.8. The fraction of sp³-hybridized carbons (Fsp3) is 0.120. The maximum atomic E-state index is 12.8. The average Bonchev–Trinajstić information content (AvgIpc) is 3.33. The summed E-state index contributed by atoms with van der Waals surface area (Å²) in [5, 5.41) is 14.7. The molecule has 0 saturated carbocycles. The molecule has 4 N–H and O–H groups in total. The minimum Gasteiger partial charge on any atom is -0.390 e. The van der Waals surface area contributed by atoms with Crippen LogP contribution in [0.1, 0.15) is 11.1 Å². The van der Waals surface area contributed by atoms with E-state index in [1.807, 2.05) is 66.9 Å². The van der Waals surface area contributed by atoms with Crippen molar-refractivity contribution in [2.24, 2.45) is 0 Å². The summed E-state index contributed by atoms with van der Waals surface area (Å²) < 4.78 is 0. The number of fused-ring (bicyclic) bond motifs is 1. The third-order valence-electron chi connectivity index (χ3n) is 5.27. The Morgan fingerprint density at radius 1 is 1.03 bits per heavy atom. The Labute approximate surface area is 186 Å². The van der Waals surface area contributed by atoms with Crippen LogP contribution in [0.3, 0.4) is 0 Å². The van der Waals surface area contributed by atoms with Crippen molar-refractivity contribution in [1.29, 1.82) is 5.41 Å². The number of H-pyrrole nitrogens is 1. The SMILES string of the molecule is CN/C(Cc1ccccc1)=C(\C=N)C(=O)NCc1ccc(-c2ncnc3[nH]ccc23)cc1. The third kappa shape index (κ3) is 4.57. The lowest BCUT2D eigenvalue weighted by Gasteiger charge is -2.13. The zero-order valence-corrected chi connectivity index (χ0v) is 17.7. The van der Waals surface area contributed by atoms with Crippen molar-refractivity contribution < 1.29 is 4.79 Å². The molecule has 1 amide bonds. The van der Waals surface area contributed by atoms with Gasteiger partial charge in [-0.1, -0.05) is 54.6 Å². The van der Waals surface area contributed by atoms with Gasteiger partial charge in [-0.15, -0.1) is 0 Å². The van der Waals surface area contributed by atoms with Gasteiger partial charge in [-0.2, -0.15) is 0 Å². The molecule has 0 radical (unpaired) electrons. The molecule has 0 aliphatic rings. The van der Waals surface area contributed by atoms with Gasteiger partial charge in [-0.05, 0) is 17.2 Å². The summed E-state index contributed by atoms with van der Waals surface area (Å²) in [5.41, 5.74) is 5.70. The van der Waals surface area contributed by atoms with Gasteiger partial charge < -0.3 is 21.0 Å². The molecule has 160 valence electrons. The minimum atomic E-state index is -0.283. The summed E-state index contributed by atoms with van der Waals surface area (Å²) in [5.74, 6) is -0.283. The van der Waals surface area contributed by atoms with Gasteiger partial charge >= 0.3 is 0 Å². The van der Waals surface area contributed by atoms with Crippen LogP contribution in [-0.4, -0.2) is 34.1 Å². The average molecular weight is 425 g/mol. The first-order chi connectivity index (χ1) is 15.7. The van der Waals surface area contributed by atoms with E-state index in [0.29, 0.717) is 24.2 Å². The first-order valence-electron chi connectivity index (χ1n) is 10.3. The molecule has 0 atom stereocenters. The van der Waals surface area contributed by atoms with Crippen molar-refractivity contribution in [3.05, 3.63) is 95.6 Å². The lowest BCUT2D eigenvalue weighted by atomic mass is 10.0. The number of rotatable bonds is 8. The zero-order valence-electron chi connectivity index (χ0n) is 17.7. The Kier molecular flexibility index (Phi) is 6.36. The van der Waals surface area contributed by atoms with Gasteiger partial charge in [-0.25, -0.2) is 9.97 Å². The molecule has 0 spiro atoms. The summed E-state index contributed by atoms with van der Waals surface area (Å²) in [7, 11) is 1.77. The van der Waals surface area contributed by atoms with Crippen molar-refractivity contribution in [2.75, 3.05) is 7.05 Å². The van der Waals surface area contributed by atoms with Gasteiger partial charge in [0, 0.05) is 49.1 Å². The van der Waals surface area contributed by atoms with E-state index in [4.69, 9.17) is 5.41 Å². The van der Waals surface area contributed by atoms with Crippen LogP contribution in [0.15, 0.2) is 84.5 Å². The summed E-state index contributed by atoms with van der Waals surface area (Å²) in [6.07, 6.45) is 5.04. The first kappa shape index (κ1) is 21.0. The number of hydrogen-bond donors (Lipinski definition) is 4. The van der Waals surface area contributed by atoms with E-state index in [9.17, 15) is 4.79 Å². The Balaban J connectivity index is 1.46. The molecular formula is C25H24N6O. The number of nitrogens with one attached hydrogen (secondary N) is 4. The second-order valence-electron chi connectivity index (χ2n) is 7.29. The van der Waals surface area contributed by atoms with E-state index in [-0.39, 0.29) is 5.91 Å². The topological polar surface area (TPSA) is 107 Å². The van der Waals surface area contributed by atoms with Crippen molar-refractivity contribution in [3.8, 4) is 11.3 Å². The summed E-state index contributed by atoms with van der Waals surface area (Å²) in [6.45, 7) is 0.363. The molecule has 0 aliphatic heterocycles. The van der Waals surface area contributed by atoms with Crippen LogP contribution in [0.4, 0.5) is 0 Å². The molecule has 4 rings (SSSR count). The number of allylic oxidation sites excluding steroid dienone is 1. The molecule has 0 saturated heterocycles. The highest BCUT2D eigenvalue weighted by atomic mass is 16.1. The van der Waals surface area contributed by atoms with Crippen LogP contribution in [-0.2, 0) is 17.8 Å². The van der Waals surface area contributed by atoms with E-state index >= 15 is 0 Å². The Bertz CT molecular complexity index is 1260.